The Morgan fingerprint density at radius 2 is 1.71 bits per heavy atom. The maximum Gasteiger partial charge on any atom is 0.407 e. The van der Waals surface area contributed by atoms with Crippen LogP contribution in [-0.2, 0) is 23.8 Å². The van der Waals surface area contributed by atoms with E-state index in [9.17, 15) is 19.5 Å². The van der Waals surface area contributed by atoms with Gasteiger partial charge in [0, 0.05) is 19.1 Å². The molecule has 3 aliphatic rings. The predicted molar refractivity (Wildman–Crippen MR) is 125 cm³/mol. The largest absolute Gasteiger partial charge is 0.481 e. The summed E-state index contributed by atoms with van der Waals surface area (Å²) in [6, 6.07) is 15.1. The molecule has 0 aromatic heterocycles. The summed E-state index contributed by atoms with van der Waals surface area (Å²) >= 11 is 0. The molecule has 2 aliphatic heterocycles. The maximum absolute atomic E-state index is 13.2. The first-order chi connectivity index (χ1) is 17.0. The lowest BCUT2D eigenvalue weighted by atomic mass is 9.98. The number of nitrogens with zero attached hydrogens (tertiary/aromatic N) is 1. The number of rotatable bonds is 6. The number of amides is 2. The number of carbonyl (C=O) groups is 3. The number of carbonyl (C=O) groups excluding carboxylic acids is 2. The molecule has 0 radical (unpaired) electrons. The molecule has 1 unspecified atom stereocenters. The van der Waals surface area contributed by atoms with Gasteiger partial charge in [0.15, 0.2) is 6.10 Å². The van der Waals surface area contributed by atoms with Crippen molar-refractivity contribution in [2.45, 2.75) is 36.9 Å². The number of carboxylic acids is 1. The monoisotopic (exact) mass is 480 g/mol. The Morgan fingerprint density at radius 1 is 1.03 bits per heavy atom. The van der Waals surface area contributed by atoms with Gasteiger partial charge in [0.25, 0.3) is 5.91 Å². The number of hydrogen-bond acceptors (Lipinski definition) is 6. The van der Waals surface area contributed by atoms with Crippen LogP contribution < -0.4 is 5.32 Å². The van der Waals surface area contributed by atoms with E-state index in [0.717, 1.165) is 22.3 Å². The number of aliphatic carboxylic acids is 1. The summed E-state index contributed by atoms with van der Waals surface area (Å²) in [5.41, 5.74) is 4.54. The molecule has 0 spiro atoms. The lowest BCUT2D eigenvalue weighted by Gasteiger charge is -2.37. The van der Waals surface area contributed by atoms with E-state index in [1.54, 1.807) is 0 Å². The summed E-state index contributed by atoms with van der Waals surface area (Å²) in [7, 11) is 0. The molecule has 0 saturated carbocycles. The van der Waals surface area contributed by atoms with Crippen molar-refractivity contribution < 1.29 is 33.7 Å². The number of morpholine rings is 1. The second kappa shape index (κ2) is 10.1. The van der Waals surface area contributed by atoms with Gasteiger partial charge in [-0.2, -0.15) is 0 Å². The van der Waals surface area contributed by atoms with E-state index in [2.05, 4.69) is 29.6 Å². The van der Waals surface area contributed by atoms with Crippen molar-refractivity contribution in [2.24, 2.45) is 0 Å². The van der Waals surface area contributed by atoms with E-state index in [1.165, 1.54) is 4.90 Å². The van der Waals surface area contributed by atoms with Crippen molar-refractivity contribution in [3.05, 3.63) is 59.7 Å². The average Bonchev–Trinajstić information content (AvgIpc) is 3.45. The molecule has 2 aromatic carbocycles. The van der Waals surface area contributed by atoms with E-state index in [-0.39, 0.29) is 38.0 Å². The molecule has 2 saturated heterocycles. The molecular weight excluding hydrogens is 452 g/mol. The SMILES string of the molecule is O=C(O)CC1COCCN1C(=O)[C@H]1OCC[C@H]1NC(=O)OCC1c2ccccc2-c2ccccc21. The summed E-state index contributed by atoms with van der Waals surface area (Å²) < 4.78 is 16.6. The smallest absolute Gasteiger partial charge is 0.407 e. The summed E-state index contributed by atoms with van der Waals surface area (Å²) in [5, 5.41) is 12.0. The zero-order valence-electron chi connectivity index (χ0n) is 19.2. The van der Waals surface area contributed by atoms with Gasteiger partial charge < -0.3 is 29.5 Å². The summed E-state index contributed by atoms with van der Waals surface area (Å²) in [6.07, 6.45) is -1.23. The fourth-order valence-electron chi connectivity index (χ4n) is 5.25. The molecule has 184 valence electrons. The molecule has 2 fully saturated rings. The van der Waals surface area contributed by atoms with E-state index < -0.39 is 30.3 Å². The molecule has 2 aromatic rings. The molecule has 35 heavy (non-hydrogen) atoms. The molecule has 9 heteroatoms. The van der Waals surface area contributed by atoms with E-state index in [4.69, 9.17) is 14.2 Å². The van der Waals surface area contributed by atoms with Crippen molar-refractivity contribution >= 4 is 18.0 Å². The van der Waals surface area contributed by atoms with Crippen LogP contribution in [0.5, 0.6) is 0 Å². The Hall–Kier alpha value is -3.43. The first kappa shape index (κ1) is 23.3. The highest BCUT2D eigenvalue weighted by atomic mass is 16.6. The van der Waals surface area contributed by atoms with Gasteiger partial charge in [0.1, 0.15) is 6.61 Å². The molecule has 0 bridgehead atoms. The highest BCUT2D eigenvalue weighted by Crippen LogP contribution is 2.44. The van der Waals surface area contributed by atoms with E-state index >= 15 is 0 Å². The number of alkyl carbamates (subject to hydrolysis) is 1. The van der Waals surface area contributed by atoms with Gasteiger partial charge >= 0.3 is 12.1 Å². The van der Waals surface area contributed by atoms with Gasteiger partial charge in [-0.25, -0.2) is 4.79 Å². The first-order valence-corrected chi connectivity index (χ1v) is 11.9. The molecule has 2 N–H and O–H groups in total. The minimum atomic E-state index is -1.00. The highest BCUT2D eigenvalue weighted by molar-refractivity contribution is 5.84. The van der Waals surface area contributed by atoms with Crippen molar-refractivity contribution in [3.8, 4) is 11.1 Å². The molecule has 2 amide bonds. The molecule has 5 rings (SSSR count). The Bertz CT molecular complexity index is 1070. The van der Waals surface area contributed by atoms with Gasteiger partial charge in [0.2, 0.25) is 0 Å². The lowest BCUT2D eigenvalue weighted by Crippen LogP contribution is -2.56. The Labute approximate surface area is 203 Å². The van der Waals surface area contributed by atoms with Crippen LogP contribution in [0.25, 0.3) is 11.1 Å². The van der Waals surface area contributed by atoms with Gasteiger partial charge in [-0.3, -0.25) is 9.59 Å². The minimum absolute atomic E-state index is 0.0597. The van der Waals surface area contributed by atoms with Crippen molar-refractivity contribution in [1.29, 1.82) is 0 Å². The van der Waals surface area contributed by atoms with Crippen LogP contribution >= 0.6 is 0 Å². The Balaban J connectivity index is 1.22. The van der Waals surface area contributed by atoms with Crippen LogP contribution in [-0.4, -0.2) is 79.1 Å². The van der Waals surface area contributed by atoms with Gasteiger partial charge in [-0.05, 0) is 28.7 Å². The fourth-order valence-corrected chi connectivity index (χ4v) is 5.25. The van der Waals surface area contributed by atoms with Crippen LogP contribution in [0.4, 0.5) is 4.79 Å². The third kappa shape index (κ3) is 4.74. The van der Waals surface area contributed by atoms with E-state index in [0.29, 0.717) is 19.6 Å². The predicted octanol–water partition coefficient (Wildman–Crippen LogP) is 2.38. The number of fused-ring (bicyclic) bond motifs is 3. The third-order valence-corrected chi connectivity index (χ3v) is 6.90. The number of benzene rings is 2. The highest BCUT2D eigenvalue weighted by Gasteiger charge is 2.41. The van der Waals surface area contributed by atoms with Gasteiger partial charge in [-0.15, -0.1) is 0 Å². The standard InChI is InChI=1S/C26H28N2O7/c29-23(30)13-16-14-33-12-10-28(16)25(31)24-22(9-11-34-24)27-26(32)35-15-21-19-7-3-1-5-17(19)18-6-2-4-8-20(18)21/h1-8,16,21-22,24H,9-15H2,(H,27,32)(H,29,30)/t16?,22-,24+/m1/s1. The Kier molecular flexibility index (Phi) is 6.70. The zero-order chi connectivity index (χ0) is 24.4. The molecule has 9 nitrogen and oxygen atoms in total. The maximum atomic E-state index is 13.2. The minimum Gasteiger partial charge on any atom is -0.481 e. The van der Waals surface area contributed by atoms with Crippen molar-refractivity contribution in [3.63, 3.8) is 0 Å². The fraction of sp³-hybridized carbons (Fsp3) is 0.423. The van der Waals surface area contributed by atoms with Crippen molar-refractivity contribution in [1.82, 2.24) is 10.2 Å². The van der Waals surface area contributed by atoms with Crippen LogP contribution in [0.2, 0.25) is 0 Å². The quantitative estimate of drug-likeness (QED) is 0.653. The van der Waals surface area contributed by atoms with Crippen LogP contribution in [0.1, 0.15) is 29.9 Å². The van der Waals surface area contributed by atoms with E-state index in [1.807, 2.05) is 24.3 Å². The van der Waals surface area contributed by atoms with Crippen molar-refractivity contribution in [2.75, 3.05) is 33.0 Å². The second-order valence-electron chi connectivity index (χ2n) is 9.01. The normalized spacial score (nSPS) is 23.4. The zero-order valence-corrected chi connectivity index (χ0v) is 19.2. The third-order valence-electron chi connectivity index (χ3n) is 6.90. The molecule has 3 atom stereocenters. The Morgan fingerprint density at radius 3 is 2.40 bits per heavy atom. The lowest BCUT2D eigenvalue weighted by molar-refractivity contribution is -0.153. The van der Waals surface area contributed by atoms with Crippen LogP contribution in [0.3, 0.4) is 0 Å². The number of nitrogens with one attached hydrogen (secondary N) is 1. The van der Waals surface area contributed by atoms with Crippen LogP contribution in [0.15, 0.2) is 48.5 Å². The number of carboxylic acid groups (broad SMARTS) is 1. The molecular formula is C26H28N2O7. The average molecular weight is 481 g/mol. The topological polar surface area (TPSA) is 114 Å². The second-order valence-corrected chi connectivity index (χ2v) is 9.01. The molecule has 1 aliphatic carbocycles. The summed E-state index contributed by atoms with van der Waals surface area (Å²) in [4.78, 5) is 38.6. The summed E-state index contributed by atoms with van der Waals surface area (Å²) in [6.45, 7) is 1.28. The van der Waals surface area contributed by atoms with Gasteiger partial charge in [0.05, 0.1) is 31.7 Å². The first-order valence-electron chi connectivity index (χ1n) is 11.9. The van der Waals surface area contributed by atoms with Crippen LogP contribution in [0, 0.1) is 0 Å². The molecule has 2 heterocycles. The number of hydrogen-bond donors (Lipinski definition) is 2. The summed E-state index contributed by atoms with van der Waals surface area (Å²) in [5.74, 6) is -1.39. The van der Waals surface area contributed by atoms with Gasteiger partial charge in [-0.1, -0.05) is 48.5 Å². The number of ether oxygens (including phenoxy) is 3.